The molecule has 4 heteroatoms. The lowest BCUT2D eigenvalue weighted by molar-refractivity contribution is -0.0463. The zero-order valence-corrected chi connectivity index (χ0v) is 15.8. The first-order valence-corrected chi connectivity index (χ1v) is 10.9. The van der Waals surface area contributed by atoms with Gasteiger partial charge in [0.05, 0.1) is 4.90 Å². The molecule has 1 atom stereocenters. The Hall–Kier alpha value is -0.870. The van der Waals surface area contributed by atoms with Gasteiger partial charge in [0.15, 0.2) is 0 Å². The lowest BCUT2D eigenvalue weighted by atomic mass is 9.51. The van der Waals surface area contributed by atoms with Crippen LogP contribution >= 0.6 is 0 Å². The highest BCUT2D eigenvalue weighted by atomic mass is 32.2. The molecule has 24 heavy (non-hydrogen) atoms. The van der Waals surface area contributed by atoms with Crippen LogP contribution in [0.2, 0.25) is 0 Å². The Labute approximate surface area is 146 Å². The number of rotatable bonds is 4. The van der Waals surface area contributed by atoms with E-state index in [0.29, 0.717) is 10.8 Å². The molecule has 0 aliphatic heterocycles. The maximum absolute atomic E-state index is 12.9. The van der Waals surface area contributed by atoms with Crippen LogP contribution in [0, 0.1) is 43.4 Å². The van der Waals surface area contributed by atoms with Crippen LogP contribution in [0.3, 0.4) is 0 Å². The van der Waals surface area contributed by atoms with Crippen LogP contribution in [0.1, 0.15) is 50.2 Å². The Morgan fingerprint density at radius 3 is 2.17 bits per heavy atom. The van der Waals surface area contributed by atoms with E-state index in [1.807, 2.05) is 26.0 Å². The quantitative estimate of drug-likeness (QED) is 0.893. The highest BCUT2D eigenvalue weighted by molar-refractivity contribution is 7.89. The first-order valence-electron chi connectivity index (χ1n) is 9.43. The molecule has 0 amide bonds. The molecule has 0 unspecified atom stereocenters. The van der Waals surface area contributed by atoms with Gasteiger partial charge >= 0.3 is 0 Å². The second-order valence-corrected chi connectivity index (χ2v) is 10.4. The van der Waals surface area contributed by atoms with Crippen molar-refractivity contribution in [3.8, 4) is 0 Å². The molecule has 4 fully saturated rings. The van der Waals surface area contributed by atoms with Crippen LogP contribution in [0.4, 0.5) is 0 Å². The van der Waals surface area contributed by atoms with Crippen molar-refractivity contribution in [3.05, 3.63) is 29.3 Å². The summed E-state index contributed by atoms with van der Waals surface area (Å²) < 4.78 is 28.9. The number of benzene rings is 1. The molecule has 0 saturated heterocycles. The summed E-state index contributed by atoms with van der Waals surface area (Å²) in [4.78, 5) is 0.443. The highest BCUT2D eigenvalue weighted by Gasteiger charge is 2.50. The summed E-state index contributed by atoms with van der Waals surface area (Å²) in [6.45, 7) is 5.91. The summed E-state index contributed by atoms with van der Waals surface area (Å²) in [7, 11) is -3.45. The zero-order valence-electron chi connectivity index (χ0n) is 15.0. The topological polar surface area (TPSA) is 46.2 Å². The third-order valence-electron chi connectivity index (χ3n) is 6.85. The fourth-order valence-electron chi connectivity index (χ4n) is 6.17. The van der Waals surface area contributed by atoms with Crippen molar-refractivity contribution in [2.75, 3.05) is 0 Å². The molecule has 0 radical (unpaired) electrons. The standard InChI is InChI=1S/C20H29NO2S/c1-12-4-5-13(2)19(6-12)24(22,23)21-14(3)20-17-8-15-7-16(10-17)11-18(20)9-15/h4-6,14-18,20-21H,7-11H2,1-3H3/t14-,15?,16?,17?,18?,20?/m0/s1. The van der Waals surface area contributed by atoms with E-state index in [1.54, 1.807) is 6.07 Å². The van der Waals surface area contributed by atoms with E-state index < -0.39 is 10.0 Å². The Morgan fingerprint density at radius 1 is 1.00 bits per heavy atom. The van der Waals surface area contributed by atoms with Gasteiger partial charge in [0, 0.05) is 6.04 Å². The Balaban J connectivity index is 1.55. The third-order valence-corrected chi connectivity index (χ3v) is 8.55. The predicted octanol–water partition coefficient (Wildman–Crippen LogP) is 4.04. The van der Waals surface area contributed by atoms with Crippen molar-refractivity contribution in [2.45, 2.75) is 63.8 Å². The molecule has 4 saturated carbocycles. The van der Waals surface area contributed by atoms with Gasteiger partial charge in [-0.05, 0) is 99.7 Å². The van der Waals surface area contributed by atoms with Gasteiger partial charge in [-0.25, -0.2) is 13.1 Å². The lowest BCUT2D eigenvalue weighted by Gasteiger charge is -2.56. The first kappa shape index (κ1) is 16.6. The van der Waals surface area contributed by atoms with Gasteiger partial charge in [-0.15, -0.1) is 0 Å². The second-order valence-electron chi connectivity index (χ2n) is 8.69. The molecule has 4 bridgehead atoms. The van der Waals surface area contributed by atoms with E-state index >= 15 is 0 Å². The second kappa shape index (κ2) is 5.84. The van der Waals surface area contributed by atoms with E-state index in [0.717, 1.165) is 34.8 Å². The monoisotopic (exact) mass is 347 g/mol. The SMILES string of the molecule is Cc1ccc(C)c(S(=O)(=O)N[C@@H](C)C2C3CC4CC(C3)CC2C4)c1. The van der Waals surface area contributed by atoms with Gasteiger partial charge in [-0.2, -0.15) is 0 Å². The number of hydrogen-bond acceptors (Lipinski definition) is 2. The molecule has 4 aliphatic carbocycles. The summed E-state index contributed by atoms with van der Waals surface area (Å²) in [5.74, 6) is 3.84. The zero-order chi connectivity index (χ0) is 17.1. The third kappa shape index (κ3) is 2.82. The number of sulfonamides is 1. The van der Waals surface area contributed by atoms with Crippen LogP contribution in [0.15, 0.2) is 23.1 Å². The molecular formula is C20H29NO2S. The summed E-state index contributed by atoms with van der Waals surface area (Å²) >= 11 is 0. The van der Waals surface area contributed by atoms with Crippen LogP contribution in [-0.2, 0) is 10.0 Å². The van der Waals surface area contributed by atoms with E-state index in [1.165, 1.54) is 32.1 Å². The smallest absolute Gasteiger partial charge is 0.208 e. The predicted molar refractivity (Wildman–Crippen MR) is 96.2 cm³/mol. The molecule has 1 aromatic rings. The molecule has 1 N–H and O–H groups in total. The maximum atomic E-state index is 12.9. The molecule has 0 heterocycles. The minimum absolute atomic E-state index is 0.0323. The Kier molecular flexibility index (Phi) is 4.04. The van der Waals surface area contributed by atoms with Gasteiger partial charge in [-0.1, -0.05) is 12.1 Å². The van der Waals surface area contributed by atoms with Crippen LogP contribution in [-0.4, -0.2) is 14.5 Å². The van der Waals surface area contributed by atoms with Gasteiger partial charge in [0.2, 0.25) is 10.0 Å². The van der Waals surface area contributed by atoms with E-state index in [-0.39, 0.29) is 6.04 Å². The van der Waals surface area contributed by atoms with Crippen molar-refractivity contribution in [2.24, 2.45) is 29.6 Å². The minimum Gasteiger partial charge on any atom is -0.208 e. The van der Waals surface area contributed by atoms with Gasteiger partial charge < -0.3 is 0 Å². The van der Waals surface area contributed by atoms with Crippen LogP contribution < -0.4 is 4.72 Å². The van der Waals surface area contributed by atoms with Crippen LogP contribution in [0.25, 0.3) is 0 Å². The molecule has 5 rings (SSSR count). The molecule has 0 aromatic heterocycles. The fourth-order valence-corrected chi connectivity index (χ4v) is 7.77. The highest BCUT2D eigenvalue weighted by Crippen LogP contribution is 2.57. The fraction of sp³-hybridized carbons (Fsp3) is 0.700. The van der Waals surface area contributed by atoms with Gasteiger partial charge in [0.1, 0.15) is 0 Å². The van der Waals surface area contributed by atoms with Crippen molar-refractivity contribution < 1.29 is 8.42 Å². The number of aryl methyl sites for hydroxylation is 2. The molecule has 1 aromatic carbocycles. The Bertz CT molecular complexity index is 712. The molecule has 0 spiro atoms. The molecule has 3 nitrogen and oxygen atoms in total. The maximum Gasteiger partial charge on any atom is 0.241 e. The van der Waals surface area contributed by atoms with E-state index in [2.05, 4.69) is 11.6 Å². The summed E-state index contributed by atoms with van der Waals surface area (Å²) in [5.41, 5.74) is 1.81. The van der Waals surface area contributed by atoms with Gasteiger partial charge in [0.25, 0.3) is 0 Å². The molecular weight excluding hydrogens is 318 g/mol. The van der Waals surface area contributed by atoms with Crippen molar-refractivity contribution in [3.63, 3.8) is 0 Å². The summed E-state index contributed by atoms with van der Waals surface area (Å²) in [6, 6.07) is 5.69. The number of nitrogens with one attached hydrogen (secondary N) is 1. The number of hydrogen-bond donors (Lipinski definition) is 1. The van der Waals surface area contributed by atoms with Crippen molar-refractivity contribution in [1.29, 1.82) is 0 Å². The van der Waals surface area contributed by atoms with E-state index in [4.69, 9.17) is 0 Å². The minimum atomic E-state index is -3.45. The molecule has 4 aliphatic rings. The Morgan fingerprint density at radius 2 is 1.58 bits per heavy atom. The first-order chi connectivity index (χ1) is 11.3. The average molecular weight is 348 g/mol. The molecule has 132 valence electrons. The average Bonchev–Trinajstić information content (AvgIpc) is 2.48. The van der Waals surface area contributed by atoms with Crippen molar-refractivity contribution in [1.82, 2.24) is 4.72 Å². The lowest BCUT2D eigenvalue weighted by Crippen LogP contribution is -2.53. The normalized spacial score (nSPS) is 36.0. The largest absolute Gasteiger partial charge is 0.241 e. The van der Waals surface area contributed by atoms with Crippen molar-refractivity contribution >= 4 is 10.0 Å². The van der Waals surface area contributed by atoms with E-state index in [9.17, 15) is 8.42 Å². The summed E-state index contributed by atoms with van der Waals surface area (Å²) in [6.07, 6.45) is 6.74. The van der Waals surface area contributed by atoms with Gasteiger partial charge in [-0.3, -0.25) is 0 Å². The van der Waals surface area contributed by atoms with Crippen LogP contribution in [0.5, 0.6) is 0 Å². The summed E-state index contributed by atoms with van der Waals surface area (Å²) in [5, 5.41) is 0.